The summed E-state index contributed by atoms with van der Waals surface area (Å²) in [7, 11) is 0. The SMILES string of the molecule is CCc1nc(N)c(C)c(Nc2cccc(Br)c2C)n1. The van der Waals surface area contributed by atoms with Gasteiger partial charge in [0.2, 0.25) is 0 Å². The molecule has 0 unspecified atom stereocenters. The van der Waals surface area contributed by atoms with Gasteiger partial charge in [-0.1, -0.05) is 28.9 Å². The van der Waals surface area contributed by atoms with E-state index in [1.807, 2.05) is 39.0 Å². The number of nitrogen functional groups attached to an aromatic ring is 1. The van der Waals surface area contributed by atoms with Crippen molar-refractivity contribution in [3.8, 4) is 0 Å². The van der Waals surface area contributed by atoms with Gasteiger partial charge in [0.05, 0.1) is 0 Å². The van der Waals surface area contributed by atoms with Crippen molar-refractivity contribution in [1.82, 2.24) is 9.97 Å². The molecular formula is C14H17BrN4. The Morgan fingerprint density at radius 1 is 1.21 bits per heavy atom. The van der Waals surface area contributed by atoms with Gasteiger partial charge in [0.15, 0.2) is 0 Å². The Morgan fingerprint density at radius 2 is 1.95 bits per heavy atom. The van der Waals surface area contributed by atoms with Crippen molar-refractivity contribution >= 4 is 33.3 Å². The van der Waals surface area contributed by atoms with Gasteiger partial charge in [-0.2, -0.15) is 0 Å². The Balaban J connectivity index is 2.43. The fraction of sp³-hybridized carbons (Fsp3) is 0.286. The average molecular weight is 321 g/mol. The minimum atomic E-state index is 0.530. The van der Waals surface area contributed by atoms with E-state index < -0.39 is 0 Å². The van der Waals surface area contributed by atoms with E-state index in [0.29, 0.717) is 5.82 Å². The third-order valence-electron chi connectivity index (χ3n) is 3.07. The highest BCUT2D eigenvalue weighted by Crippen LogP contribution is 2.28. The molecule has 0 aliphatic rings. The lowest BCUT2D eigenvalue weighted by Crippen LogP contribution is -2.07. The summed E-state index contributed by atoms with van der Waals surface area (Å²) in [5.74, 6) is 2.05. The summed E-state index contributed by atoms with van der Waals surface area (Å²) in [6, 6.07) is 6.02. The minimum absolute atomic E-state index is 0.530. The van der Waals surface area contributed by atoms with Crippen LogP contribution in [0.4, 0.5) is 17.3 Å². The summed E-state index contributed by atoms with van der Waals surface area (Å²) in [5.41, 5.74) is 8.94. The first kappa shape index (κ1) is 13.8. The number of aryl methyl sites for hydroxylation is 1. The summed E-state index contributed by atoms with van der Waals surface area (Å²) in [6.45, 7) is 5.98. The fourth-order valence-corrected chi connectivity index (χ4v) is 2.10. The number of halogens is 1. The summed E-state index contributed by atoms with van der Waals surface area (Å²) in [4.78, 5) is 8.75. The molecular weight excluding hydrogens is 304 g/mol. The van der Waals surface area contributed by atoms with Crippen molar-refractivity contribution in [3.05, 3.63) is 39.6 Å². The molecule has 0 spiro atoms. The van der Waals surface area contributed by atoms with Crippen LogP contribution >= 0.6 is 15.9 Å². The van der Waals surface area contributed by atoms with E-state index in [4.69, 9.17) is 5.73 Å². The van der Waals surface area contributed by atoms with E-state index in [0.717, 1.165) is 39.4 Å². The van der Waals surface area contributed by atoms with E-state index in [2.05, 4.69) is 31.2 Å². The molecule has 0 atom stereocenters. The van der Waals surface area contributed by atoms with Crippen LogP contribution in [0.1, 0.15) is 23.9 Å². The Kier molecular flexibility index (Phi) is 4.04. The van der Waals surface area contributed by atoms with Crippen LogP contribution in [0.2, 0.25) is 0 Å². The lowest BCUT2D eigenvalue weighted by molar-refractivity contribution is 0.940. The molecule has 1 aromatic heterocycles. The van der Waals surface area contributed by atoms with Crippen LogP contribution in [0, 0.1) is 13.8 Å². The molecule has 0 amide bonds. The van der Waals surface area contributed by atoms with Gasteiger partial charge in [0.1, 0.15) is 17.5 Å². The minimum Gasteiger partial charge on any atom is -0.383 e. The molecule has 0 saturated heterocycles. The molecule has 0 radical (unpaired) electrons. The van der Waals surface area contributed by atoms with Crippen molar-refractivity contribution < 1.29 is 0 Å². The first-order valence-corrected chi connectivity index (χ1v) is 6.97. The molecule has 0 saturated carbocycles. The maximum atomic E-state index is 5.92. The van der Waals surface area contributed by atoms with E-state index in [1.165, 1.54) is 0 Å². The molecule has 0 bridgehead atoms. The first-order valence-electron chi connectivity index (χ1n) is 6.18. The number of nitrogens with two attached hydrogens (primary N) is 1. The summed E-state index contributed by atoms with van der Waals surface area (Å²) in [5, 5.41) is 3.34. The lowest BCUT2D eigenvalue weighted by atomic mass is 10.2. The Bertz CT molecular complexity index is 611. The zero-order valence-electron chi connectivity index (χ0n) is 11.3. The van der Waals surface area contributed by atoms with E-state index in [1.54, 1.807) is 0 Å². The van der Waals surface area contributed by atoms with E-state index in [-0.39, 0.29) is 0 Å². The predicted octanol–water partition coefficient (Wildman–Crippen LogP) is 3.74. The molecule has 19 heavy (non-hydrogen) atoms. The molecule has 0 aliphatic carbocycles. The second-order valence-electron chi connectivity index (χ2n) is 4.39. The van der Waals surface area contributed by atoms with Crippen molar-refractivity contribution in [1.29, 1.82) is 0 Å². The molecule has 0 fully saturated rings. The smallest absolute Gasteiger partial charge is 0.139 e. The number of anilines is 3. The Labute approximate surface area is 121 Å². The van der Waals surface area contributed by atoms with Crippen LogP contribution < -0.4 is 11.1 Å². The number of rotatable bonds is 3. The molecule has 1 heterocycles. The Morgan fingerprint density at radius 3 is 2.63 bits per heavy atom. The van der Waals surface area contributed by atoms with Gasteiger partial charge in [0.25, 0.3) is 0 Å². The van der Waals surface area contributed by atoms with Crippen LogP contribution in [-0.4, -0.2) is 9.97 Å². The highest BCUT2D eigenvalue weighted by Gasteiger charge is 2.09. The van der Waals surface area contributed by atoms with Crippen molar-refractivity contribution in [2.45, 2.75) is 27.2 Å². The summed E-state index contributed by atoms with van der Waals surface area (Å²) in [6.07, 6.45) is 0.761. The van der Waals surface area contributed by atoms with Crippen LogP contribution in [0.25, 0.3) is 0 Å². The molecule has 2 rings (SSSR count). The average Bonchev–Trinajstić information content (AvgIpc) is 2.39. The fourth-order valence-electron chi connectivity index (χ4n) is 1.73. The maximum Gasteiger partial charge on any atom is 0.139 e. The maximum absolute atomic E-state index is 5.92. The zero-order chi connectivity index (χ0) is 14.0. The molecule has 3 N–H and O–H groups in total. The quantitative estimate of drug-likeness (QED) is 0.904. The highest BCUT2D eigenvalue weighted by molar-refractivity contribution is 9.10. The van der Waals surface area contributed by atoms with Gasteiger partial charge < -0.3 is 11.1 Å². The van der Waals surface area contributed by atoms with Crippen molar-refractivity contribution in [2.24, 2.45) is 0 Å². The number of hydrogen-bond donors (Lipinski definition) is 2. The molecule has 100 valence electrons. The third-order valence-corrected chi connectivity index (χ3v) is 3.93. The monoisotopic (exact) mass is 320 g/mol. The van der Waals surface area contributed by atoms with Gasteiger partial charge in [-0.15, -0.1) is 0 Å². The van der Waals surface area contributed by atoms with Crippen LogP contribution in [0.5, 0.6) is 0 Å². The lowest BCUT2D eigenvalue weighted by Gasteiger charge is -2.14. The van der Waals surface area contributed by atoms with Gasteiger partial charge in [0, 0.05) is 22.1 Å². The van der Waals surface area contributed by atoms with Gasteiger partial charge in [-0.05, 0) is 31.5 Å². The normalized spacial score (nSPS) is 10.5. The van der Waals surface area contributed by atoms with Crippen LogP contribution in [0.3, 0.4) is 0 Å². The second-order valence-corrected chi connectivity index (χ2v) is 5.24. The summed E-state index contributed by atoms with van der Waals surface area (Å²) >= 11 is 3.52. The topological polar surface area (TPSA) is 63.8 Å². The van der Waals surface area contributed by atoms with Gasteiger partial charge >= 0.3 is 0 Å². The number of benzene rings is 1. The van der Waals surface area contributed by atoms with Crippen LogP contribution in [0.15, 0.2) is 22.7 Å². The third kappa shape index (κ3) is 2.87. The number of nitrogens with one attached hydrogen (secondary N) is 1. The van der Waals surface area contributed by atoms with Gasteiger partial charge in [-0.25, -0.2) is 9.97 Å². The second kappa shape index (κ2) is 5.57. The predicted molar refractivity (Wildman–Crippen MR) is 82.7 cm³/mol. The van der Waals surface area contributed by atoms with E-state index in [9.17, 15) is 0 Å². The van der Waals surface area contributed by atoms with Crippen molar-refractivity contribution in [3.63, 3.8) is 0 Å². The van der Waals surface area contributed by atoms with E-state index >= 15 is 0 Å². The first-order chi connectivity index (χ1) is 9.02. The molecule has 5 heteroatoms. The molecule has 1 aromatic carbocycles. The highest BCUT2D eigenvalue weighted by atomic mass is 79.9. The van der Waals surface area contributed by atoms with Gasteiger partial charge in [-0.3, -0.25) is 0 Å². The molecule has 2 aromatic rings. The zero-order valence-corrected chi connectivity index (χ0v) is 12.9. The number of nitrogens with zero attached hydrogens (tertiary/aromatic N) is 2. The van der Waals surface area contributed by atoms with Crippen LogP contribution in [-0.2, 0) is 6.42 Å². The Hall–Kier alpha value is -1.62. The van der Waals surface area contributed by atoms with Crippen molar-refractivity contribution in [2.75, 3.05) is 11.1 Å². The number of hydrogen-bond acceptors (Lipinski definition) is 4. The number of aromatic nitrogens is 2. The molecule has 0 aliphatic heterocycles. The molecule has 4 nitrogen and oxygen atoms in total. The summed E-state index contributed by atoms with van der Waals surface area (Å²) < 4.78 is 1.06. The standard InChI is InChI=1S/C14H17BrN4/c1-4-12-18-13(16)9(3)14(19-12)17-11-7-5-6-10(15)8(11)2/h5-7H,4H2,1-3H3,(H3,16,17,18,19). The largest absolute Gasteiger partial charge is 0.383 e.